The number of carbonyl (C=O) groups is 2. The van der Waals surface area contributed by atoms with E-state index < -0.39 is 11.8 Å². The summed E-state index contributed by atoms with van der Waals surface area (Å²) in [6.45, 7) is 1.92. The van der Waals surface area contributed by atoms with E-state index in [-0.39, 0.29) is 6.61 Å². The fourth-order valence-corrected chi connectivity index (χ4v) is 3.94. The summed E-state index contributed by atoms with van der Waals surface area (Å²) in [4.78, 5) is 24.5. The molecule has 1 aromatic carbocycles. The van der Waals surface area contributed by atoms with Crippen molar-refractivity contribution in [3.63, 3.8) is 0 Å². The average molecular weight is 315 g/mol. The van der Waals surface area contributed by atoms with Crippen molar-refractivity contribution in [1.82, 2.24) is 0 Å². The van der Waals surface area contributed by atoms with Crippen LogP contribution in [0.2, 0.25) is 0 Å². The van der Waals surface area contributed by atoms with Gasteiger partial charge in [-0.15, -0.1) is 11.3 Å². The van der Waals surface area contributed by atoms with E-state index in [2.05, 4.69) is 5.32 Å². The minimum Gasteiger partial charge on any atom is -0.460 e. The minimum atomic E-state index is -0.760. The summed E-state index contributed by atoms with van der Waals surface area (Å²) >= 11 is 1.36. The summed E-state index contributed by atoms with van der Waals surface area (Å²) in [5.41, 5.74) is 3.16. The number of hydrogen-bond acceptors (Lipinski definition) is 5. The van der Waals surface area contributed by atoms with Crippen LogP contribution in [0.4, 0.5) is 10.7 Å². The zero-order valence-corrected chi connectivity index (χ0v) is 13.2. The number of esters is 1. The maximum absolute atomic E-state index is 12.3. The van der Waals surface area contributed by atoms with Crippen molar-refractivity contribution in [2.75, 3.05) is 11.9 Å². The number of carbonyl (C=O) groups excluding carboxylic acids is 2. The number of rotatable bonds is 5. The number of benzene rings is 1. The summed E-state index contributed by atoms with van der Waals surface area (Å²) in [5.74, 6) is -1.28. The first kappa shape index (κ1) is 14.8. The normalized spacial score (nSPS) is 12.8. The van der Waals surface area contributed by atoms with E-state index in [1.54, 1.807) is 6.92 Å². The number of anilines is 2. The van der Waals surface area contributed by atoms with Crippen LogP contribution in [0.3, 0.4) is 0 Å². The van der Waals surface area contributed by atoms with Gasteiger partial charge in [0.15, 0.2) is 0 Å². The van der Waals surface area contributed by atoms with Gasteiger partial charge in [-0.3, -0.25) is 4.79 Å². The van der Waals surface area contributed by atoms with Crippen LogP contribution in [0, 0.1) is 0 Å². The highest BCUT2D eigenvalue weighted by molar-refractivity contribution is 7.19. The van der Waals surface area contributed by atoms with Crippen molar-refractivity contribution < 1.29 is 14.3 Å². The lowest BCUT2D eigenvalue weighted by atomic mass is 10.1. The Bertz CT molecular complexity index is 706. The summed E-state index contributed by atoms with van der Waals surface area (Å²) in [5, 5.41) is 4.33. The minimum absolute atomic E-state index is 0.216. The molecule has 1 aliphatic carbocycles. The highest BCUT2D eigenvalue weighted by atomic mass is 32.1. The summed E-state index contributed by atoms with van der Waals surface area (Å²) in [7, 11) is 0. The molecule has 0 radical (unpaired) electrons. The third-order valence-corrected chi connectivity index (χ3v) is 4.86. The number of ketones is 1. The number of hydrogen-bond donors (Lipinski definition) is 1. The van der Waals surface area contributed by atoms with Crippen LogP contribution in [0.1, 0.15) is 34.1 Å². The Balaban J connectivity index is 1.92. The monoisotopic (exact) mass is 315 g/mol. The molecule has 1 heterocycles. The molecule has 4 nitrogen and oxygen atoms in total. The Kier molecular flexibility index (Phi) is 4.24. The van der Waals surface area contributed by atoms with Crippen LogP contribution in [-0.4, -0.2) is 18.4 Å². The third kappa shape index (κ3) is 2.76. The summed E-state index contributed by atoms with van der Waals surface area (Å²) in [6, 6.07) is 9.84. The van der Waals surface area contributed by atoms with Gasteiger partial charge < -0.3 is 10.1 Å². The van der Waals surface area contributed by atoms with E-state index in [0.717, 1.165) is 35.5 Å². The summed E-state index contributed by atoms with van der Waals surface area (Å²) in [6.07, 6.45) is 2.81. The molecule has 1 aliphatic rings. The molecule has 0 atom stereocenters. The first-order valence-corrected chi connectivity index (χ1v) is 8.20. The Hall–Kier alpha value is -2.14. The Morgan fingerprint density at radius 2 is 1.91 bits per heavy atom. The average Bonchev–Trinajstić information content (AvgIpc) is 3.12. The molecule has 114 valence electrons. The van der Waals surface area contributed by atoms with Crippen molar-refractivity contribution in [2.45, 2.75) is 26.2 Å². The van der Waals surface area contributed by atoms with Crippen molar-refractivity contribution >= 4 is 33.8 Å². The van der Waals surface area contributed by atoms with Gasteiger partial charge in [-0.1, -0.05) is 18.2 Å². The molecule has 5 heteroatoms. The van der Waals surface area contributed by atoms with Crippen LogP contribution in [0.25, 0.3) is 0 Å². The lowest BCUT2D eigenvalue weighted by molar-refractivity contribution is -0.137. The second-order valence-electron chi connectivity index (χ2n) is 5.11. The molecule has 3 rings (SSSR count). The quantitative estimate of drug-likeness (QED) is 0.519. The molecular formula is C17H17NO3S. The van der Waals surface area contributed by atoms with E-state index >= 15 is 0 Å². The maximum atomic E-state index is 12.3. The second-order valence-corrected chi connectivity index (χ2v) is 6.13. The standard InChI is InChI=1S/C17H17NO3S/c1-2-21-17(20)14(19)15-12-9-6-10-13(12)16(22-15)18-11-7-4-3-5-8-11/h3-5,7-8,18H,2,6,9-10H2,1H3. The highest BCUT2D eigenvalue weighted by Crippen LogP contribution is 2.41. The topological polar surface area (TPSA) is 55.4 Å². The molecule has 0 bridgehead atoms. The van der Waals surface area contributed by atoms with Crippen LogP contribution >= 0.6 is 11.3 Å². The van der Waals surface area contributed by atoms with E-state index in [0.29, 0.717) is 4.88 Å². The van der Waals surface area contributed by atoms with Gasteiger partial charge in [-0.25, -0.2) is 4.79 Å². The van der Waals surface area contributed by atoms with Crippen LogP contribution in [0.5, 0.6) is 0 Å². The SMILES string of the molecule is CCOC(=O)C(=O)c1sc(Nc2ccccc2)c2c1CCC2. The fraction of sp³-hybridized carbons (Fsp3) is 0.294. The van der Waals surface area contributed by atoms with Gasteiger partial charge in [0, 0.05) is 5.69 Å². The van der Waals surface area contributed by atoms with Gasteiger partial charge in [0.1, 0.15) is 0 Å². The van der Waals surface area contributed by atoms with Crippen molar-refractivity contribution in [3.8, 4) is 0 Å². The predicted octanol–water partition coefficient (Wildman–Crippen LogP) is 3.73. The number of para-hydroxylation sites is 1. The predicted molar refractivity (Wildman–Crippen MR) is 87.0 cm³/mol. The number of fused-ring (bicyclic) bond motifs is 1. The number of Topliss-reactive ketones (excluding diaryl/α,β-unsaturated/α-hetero) is 1. The molecule has 0 aliphatic heterocycles. The van der Waals surface area contributed by atoms with Gasteiger partial charge in [0.05, 0.1) is 16.5 Å². The number of thiophene rings is 1. The van der Waals surface area contributed by atoms with Gasteiger partial charge in [-0.2, -0.15) is 0 Å². The van der Waals surface area contributed by atoms with Gasteiger partial charge >= 0.3 is 5.97 Å². The van der Waals surface area contributed by atoms with Gasteiger partial charge in [0.2, 0.25) is 0 Å². The van der Waals surface area contributed by atoms with Crippen molar-refractivity contribution in [1.29, 1.82) is 0 Å². The molecule has 0 unspecified atom stereocenters. The molecule has 0 amide bonds. The smallest absolute Gasteiger partial charge is 0.380 e. The second kappa shape index (κ2) is 6.32. The maximum Gasteiger partial charge on any atom is 0.380 e. The zero-order chi connectivity index (χ0) is 15.5. The van der Waals surface area contributed by atoms with Crippen LogP contribution in [0.15, 0.2) is 30.3 Å². The molecule has 1 aromatic heterocycles. The molecule has 2 aromatic rings. The number of nitrogens with one attached hydrogen (secondary N) is 1. The first-order chi connectivity index (χ1) is 10.7. The Labute approximate surface area is 133 Å². The first-order valence-electron chi connectivity index (χ1n) is 7.38. The Morgan fingerprint density at radius 1 is 1.18 bits per heavy atom. The van der Waals surface area contributed by atoms with Gasteiger partial charge in [-0.05, 0) is 49.4 Å². The van der Waals surface area contributed by atoms with E-state index in [1.165, 1.54) is 16.9 Å². The fourth-order valence-electron chi connectivity index (χ4n) is 2.70. The zero-order valence-electron chi connectivity index (χ0n) is 12.3. The molecule has 0 fully saturated rings. The van der Waals surface area contributed by atoms with E-state index in [4.69, 9.17) is 4.74 Å². The highest BCUT2D eigenvalue weighted by Gasteiger charge is 2.30. The molecule has 0 saturated heterocycles. The van der Waals surface area contributed by atoms with E-state index in [9.17, 15) is 9.59 Å². The lowest BCUT2D eigenvalue weighted by Crippen LogP contribution is -2.17. The largest absolute Gasteiger partial charge is 0.460 e. The van der Waals surface area contributed by atoms with Crippen LogP contribution < -0.4 is 5.32 Å². The van der Waals surface area contributed by atoms with Gasteiger partial charge in [0.25, 0.3) is 5.78 Å². The van der Waals surface area contributed by atoms with Crippen molar-refractivity contribution in [2.24, 2.45) is 0 Å². The molecule has 1 N–H and O–H groups in total. The summed E-state index contributed by atoms with van der Waals surface area (Å²) < 4.78 is 4.84. The lowest BCUT2D eigenvalue weighted by Gasteiger charge is -2.05. The Morgan fingerprint density at radius 3 is 2.64 bits per heavy atom. The number of ether oxygens (including phenoxy) is 1. The molecule has 22 heavy (non-hydrogen) atoms. The molecule has 0 saturated carbocycles. The van der Waals surface area contributed by atoms with Crippen molar-refractivity contribution in [3.05, 3.63) is 46.3 Å². The third-order valence-electron chi connectivity index (χ3n) is 3.67. The molecular weight excluding hydrogens is 298 g/mol. The van der Waals surface area contributed by atoms with Crippen LogP contribution in [-0.2, 0) is 22.4 Å². The molecule has 0 spiro atoms. The van der Waals surface area contributed by atoms with E-state index in [1.807, 2.05) is 30.3 Å².